The Labute approximate surface area is 243 Å². The van der Waals surface area contributed by atoms with Crippen molar-refractivity contribution in [3.05, 3.63) is 83.9 Å². The fraction of sp³-hybridized carbons (Fsp3) is 0.364. The number of likely N-dealkylation sites (tertiary alicyclic amines) is 1. The highest BCUT2D eigenvalue weighted by Crippen LogP contribution is 2.43. The first kappa shape index (κ1) is 27.5. The summed E-state index contributed by atoms with van der Waals surface area (Å²) in [6.45, 7) is 4.32. The summed E-state index contributed by atoms with van der Waals surface area (Å²) in [4.78, 5) is 28.5. The molecule has 2 aliphatic heterocycles. The van der Waals surface area contributed by atoms with E-state index in [1.54, 1.807) is 7.11 Å². The van der Waals surface area contributed by atoms with Gasteiger partial charge in [0.25, 0.3) is 0 Å². The second-order valence-electron chi connectivity index (χ2n) is 11.2. The van der Waals surface area contributed by atoms with Gasteiger partial charge in [-0.2, -0.15) is 4.98 Å². The number of carbonyl (C=O) groups is 1. The number of piperidine rings is 1. The molecule has 2 aliphatic rings. The molecule has 3 aromatic carbocycles. The van der Waals surface area contributed by atoms with Gasteiger partial charge in [-0.3, -0.25) is 4.79 Å². The van der Waals surface area contributed by atoms with E-state index < -0.39 is 5.41 Å². The summed E-state index contributed by atoms with van der Waals surface area (Å²) in [5.74, 6) is 2.20. The Hall–Kier alpha value is -3.70. The van der Waals surface area contributed by atoms with Gasteiger partial charge in [-0.15, -0.1) is 0 Å². The number of nitrogens with two attached hydrogens (primary N) is 1. The number of rotatable bonds is 7. The van der Waals surface area contributed by atoms with E-state index in [1.165, 1.54) is 11.1 Å². The smallest absolute Gasteiger partial charge is 0.229 e. The molecule has 41 heavy (non-hydrogen) atoms. The molecule has 1 aromatic heterocycles. The number of nitrogens with zero attached hydrogens (tertiary/aromatic N) is 4. The highest BCUT2D eigenvalue weighted by atomic mass is 31.1. The number of methoxy groups -OCH3 is 1. The second kappa shape index (κ2) is 11.7. The molecule has 1 amide bonds. The number of aromatic nitrogens is 2. The first-order chi connectivity index (χ1) is 20.0. The van der Waals surface area contributed by atoms with Gasteiger partial charge in [0.05, 0.1) is 24.1 Å². The summed E-state index contributed by atoms with van der Waals surface area (Å²) in [6.07, 6.45) is 4.25. The average molecular weight is 568 g/mol. The molecule has 2 atom stereocenters. The van der Waals surface area contributed by atoms with Crippen molar-refractivity contribution in [1.29, 1.82) is 0 Å². The van der Waals surface area contributed by atoms with Gasteiger partial charge in [0.1, 0.15) is 11.6 Å². The topological polar surface area (TPSA) is 84.6 Å². The van der Waals surface area contributed by atoms with Crippen molar-refractivity contribution in [1.82, 2.24) is 14.9 Å². The van der Waals surface area contributed by atoms with E-state index in [0.717, 1.165) is 60.6 Å². The van der Waals surface area contributed by atoms with Crippen LogP contribution < -0.4 is 20.7 Å². The summed E-state index contributed by atoms with van der Waals surface area (Å²) >= 11 is 0. The molecular formula is C33H38N5O2P. The molecule has 8 heteroatoms. The third kappa shape index (κ3) is 5.36. The van der Waals surface area contributed by atoms with Crippen molar-refractivity contribution in [2.45, 2.75) is 38.1 Å². The Morgan fingerprint density at radius 2 is 1.73 bits per heavy atom. The van der Waals surface area contributed by atoms with Gasteiger partial charge in [-0.25, -0.2) is 4.98 Å². The molecule has 6 rings (SSSR count). The predicted octanol–water partition coefficient (Wildman–Crippen LogP) is 5.35. The zero-order chi connectivity index (χ0) is 28.4. The van der Waals surface area contributed by atoms with Crippen LogP contribution in [0.5, 0.6) is 5.75 Å². The summed E-state index contributed by atoms with van der Waals surface area (Å²) in [7, 11) is 2.27. The quantitative estimate of drug-likeness (QED) is 0.303. The lowest BCUT2D eigenvalue weighted by atomic mass is 9.72. The summed E-state index contributed by atoms with van der Waals surface area (Å²) in [6, 6.07) is 25.1. The lowest BCUT2D eigenvalue weighted by molar-refractivity contribution is -0.144. The number of carbonyl (C=O) groups excluding carboxylic acids is 1. The number of amides is 1. The van der Waals surface area contributed by atoms with Crippen molar-refractivity contribution in [3.8, 4) is 5.75 Å². The molecule has 2 N–H and O–H groups in total. The van der Waals surface area contributed by atoms with Crippen molar-refractivity contribution in [2.24, 2.45) is 5.41 Å². The van der Waals surface area contributed by atoms with E-state index in [-0.39, 0.29) is 11.9 Å². The van der Waals surface area contributed by atoms with E-state index >= 15 is 0 Å². The molecular weight excluding hydrogens is 529 g/mol. The van der Waals surface area contributed by atoms with Crippen molar-refractivity contribution < 1.29 is 9.53 Å². The van der Waals surface area contributed by atoms with Crippen LogP contribution in [0.4, 0.5) is 11.8 Å². The number of fused-ring (bicyclic) bond motifs is 1. The molecule has 0 saturated carbocycles. The minimum atomic E-state index is -0.474. The second-order valence-corrected chi connectivity index (χ2v) is 12.3. The molecule has 2 unspecified atom stereocenters. The predicted molar refractivity (Wildman–Crippen MR) is 169 cm³/mol. The van der Waals surface area contributed by atoms with Crippen LogP contribution in [0.1, 0.15) is 42.9 Å². The van der Waals surface area contributed by atoms with Crippen LogP contribution in [-0.4, -0.2) is 54.2 Å². The minimum Gasteiger partial charge on any atom is -0.496 e. The van der Waals surface area contributed by atoms with Crippen molar-refractivity contribution in [3.63, 3.8) is 0 Å². The lowest BCUT2D eigenvalue weighted by Crippen LogP contribution is -2.51. The number of hydrogen-bond acceptors (Lipinski definition) is 6. The molecule has 2 saturated heterocycles. The van der Waals surface area contributed by atoms with Crippen LogP contribution in [0.25, 0.3) is 10.9 Å². The Morgan fingerprint density at radius 3 is 2.41 bits per heavy atom. The first-order valence-corrected chi connectivity index (χ1v) is 16.0. The summed E-state index contributed by atoms with van der Waals surface area (Å²) in [5.41, 5.74) is 9.20. The van der Waals surface area contributed by atoms with E-state index in [9.17, 15) is 4.79 Å². The largest absolute Gasteiger partial charge is 0.496 e. The third-order valence-electron chi connectivity index (χ3n) is 8.84. The van der Waals surface area contributed by atoms with E-state index in [4.69, 9.17) is 20.4 Å². The van der Waals surface area contributed by atoms with Gasteiger partial charge < -0.3 is 20.3 Å². The Bertz CT molecular complexity index is 1520. The highest BCUT2D eigenvalue weighted by molar-refractivity contribution is 7.46. The minimum absolute atomic E-state index is 0.140. The maximum absolute atomic E-state index is 14.6. The maximum atomic E-state index is 14.6. The molecule has 0 bridgehead atoms. The van der Waals surface area contributed by atoms with Gasteiger partial charge in [0, 0.05) is 36.4 Å². The number of ether oxygens (including phenoxy) is 1. The molecule has 3 heterocycles. The fourth-order valence-corrected chi connectivity index (χ4v) is 7.31. The van der Waals surface area contributed by atoms with E-state index in [1.807, 2.05) is 24.3 Å². The zero-order valence-corrected chi connectivity index (χ0v) is 24.8. The molecule has 4 aromatic rings. The van der Waals surface area contributed by atoms with Crippen molar-refractivity contribution >= 4 is 42.5 Å². The van der Waals surface area contributed by atoms with Crippen LogP contribution in [-0.2, 0) is 11.2 Å². The monoisotopic (exact) mass is 567 g/mol. The summed E-state index contributed by atoms with van der Waals surface area (Å²) < 4.78 is 5.62. The SMILES string of the molecule is COc1cc2nc(N3CCC(Cc4ccccc4)(C(=O)N4CCCC4c4ccccc4)CC3)nc(N)c2cc1PC. The third-order valence-corrected chi connectivity index (χ3v) is 9.77. The molecule has 2 fully saturated rings. The van der Waals surface area contributed by atoms with Gasteiger partial charge in [-0.05, 0) is 56.0 Å². The molecule has 0 aliphatic carbocycles. The average Bonchev–Trinajstić information content (AvgIpc) is 3.51. The van der Waals surface area contributed by atoms with Gasteiger partial charge in [0.2, 0.25) is 11.9 Å². The highest BCUT2D eigenvalue weighted by Gasteiger charge is 2.46. The number of anilines is 2. The Balaban J connectivity index is 1.29. The molecule has 7 nitrogen and oxygen atoms in total. The van der Waals surface area contributed by atoms with E-state index in [0.29, 0.717) is 33.4 Å². The lowest BCUT2D eigenvalue weighted by Gasteiger charge is -2.44. The standard InChI is InChI=1S/C33H38N5O2P/c1-40-28-21-26-25(20-29(28)41-2)30(34)36-32(35-26)37-18-15-33(16-19-37,22-23-10-5-3-6-11-23)31(39)38-17-9-14-27(38)24-12-7-4-8-13-24/h3-8,10-13,20-21,27,41H,9,14-19,22H2,1-2H3,(H2,34,35,36). The fourth-order valence-electron chi connectivity index (χ4n) is 6.60. The Morgan fingerprint density at radius 1 is 1.02 bits per heavy atom. The van der Waals surface area contributed by atoms with Gasteiger partial charge >= 0.3 is 0 Å². The number of hydrogen-bond donors (Lipinski definition) is 1. The van der Waals surface area contributed by atoms with Gasteiger partial charge in [0.15, 0.2) is 0 Å². The normalized spacial score (nSPS) is 18.8. The van der Waals surface area contributed by atoms with Crippen molar-refractivity contribution in [2.75, 3.05) is 44.0 Å². The first-order valence-electron chi connectivity index (χ1n) is 14.5. The number of benzene rings is 3. The van der Waals surface area contributed by atoms with Crippen LogP contribution in [0, 0.1) is 5.41 Å². The maximum Gasteiger partial charge on any atom is 0.229 e. The Kier molecular flexibility index (Phi) is 7.81. The molecule has 0 radical (unpaired) electrons. The van der Waals surface area contributed by atoms with Crippen LogP contribution in [0.2, 0.25) is 0 Å². The summed E-state index contributed by atoms with van der Waals surface area (Å²) in [5, 5.41) is 1.96. The van der Waals surface area contributed by atoms with Gasteiger partial charge in [-0.1, -0.05) is 69.2 Å². The van der Waals surface area contributed by atoms with Crippen LogP contribution in [0.3, 0.4) is 0 Å². The van der Waals surface area contributed by atoms with Crippen LogP contribution >= 0.6 is 8.58 Å². The van der Waals surface area contributed by atoms with E-state index in [2.05, 4.69) is 65.0 Å². The van der Waals surface area contributed by atoms with Crippen LogP contribution in [0.15, 0.2) is 72.8 Å². The zero-order valence-electron chi connectivity index (χ0n) is 23.8. The number of nitrogen functional groups attached to an aromatic ring is 1. The molecule has 0 spiro atoms. The molecule has 212 valence electrons.